The van der Waals surface area contributed by atoms with Gasteiger partial charge in [0.25, 0.3) is 11.6 Å². The van der Waals surface area contributed by atoms with Crippen LogP contribution in [0.5, 0.6) is 0 Å². The molecule has 25 heavy (non-hydrogen) atoms. The third-order valence-corrected chi connectivity index (χ3v) is 3.98. The first-order chi connectivity index (χ1) is 12.0. The number of carbonyl (C=O) groups is 2. The lowest BCUT2D eigenvalue weighted by Gasteiger charge is -2.14. The number of benzene rings is 2. The van der Waals surface area contributed by atoms with Crippen molar-refractivity contribution in [2.45, 2.75) is 6.92 Å². The molecule has 0 unspecified atom stereocenters. The number of amides is 3. The van der Waals surface area contributed by atoms with Crippen LogP contribution in [0.15, 0.2) is 42.5 Å². The van der Waals surface area contributed by atoms with Gasteiger partial charge >= 0.3 is 6.03 Å². The van der Waals surface area contributed by atoms with Crippen LogP contribution in [-0.2, 0) is 0 Å². The minimum absolute atomic E-state index is 0.0868. The maximum Gasteiger partial charge on any atom is 0.321 e. The second-order valence-electron chi connectivity index (χ2n) is 5.64. The number of anilines is 2. The number of nitro groups is 1. The summed E-state index contributed by atoms with van der Waals surface area (Å²) in [6, 6.07) is 10.8. The Bertz CT molecular complexity index is 848. The molecule has 0 bridgehead atoms. The normalized spacial score (nSPS) is 13.5. The molecule has 0 aliphatic carbocycles. The summed E-state index contributed by atoms with van der Waals surface area (Å²) in [5, 5.41) is 16.3. The topological polar surface area (TPSA) is 105 Å². The van der Waals surface area contributed by atoms with Crippen molar-refractivity contribution < 1.29 is 14.5 Å². The Balaban J connectivity index is 1.76. The molecule has 1 fully saturated rings. The molecule has 2 aromatic carbocycles. The van der Waals surface area contributed by atoms with Gasteiger partial charge in [-0.1, -0.05) is 6.07 Å². The fraction of sp³-hybridized carbons (Fsp3) is 0.176. The van der Waals surface area contributed by atoms with Crippen LogP contribution in [0.1, 0.15) is 15.9 Å². The lowest BCUT2D eigenvalue weighted by atomic mass is 10.1. The van der Waals surface area contributed by atoms with Gasteiger partial charge in [-0.05, 0) is 36.8 Å². The van der Waals surface area contributed by atoms with Crippen LogP contribution in [0, 0.1) is 17.0 Å². The number of rotatable bonds is 4. The molecule has 8 nitrogen and oxygen atoms in total. The third kappa shape index (κ3) is 3.42. The molecule has 0 spiro atoms. The minimum atomic E-state index is -0.509. The minimum Gasteiger partial charge on any atom is -0.336 e. The zero-order valence-corrected chi connectivity index (χ0v) is 13.5. The molecule has 128 valence electrons. The first-order valence-electron chi connectivity index (χ1n) is 7.67. The molecule has 8 heteroatoms. The Labute approximate surface area is 143 Å². The van der Waals surface area contributed by atoms with Gasteiger partial charge in [-0.25, -0.2) is 4.79 Å². The zero-order valence-electron chi connectivity index (χ0n) is 13.5. The number of hydrogen-bond donors (Lipinski definition) is 2. The number of nitrogens with zero attached hydrogens (tertiary/aromatic N) is 2. The molecule has 2 aromatic rings. The van der Waals surface area contributed by atoms with Gasteiger partial charge in [0, 0.05) is 36.5 Å². The Morgan fingerprint density at radius 3 is 2.56 bits per heavy atom. The molecular formula is C17H16N4O4. The van der Waals surface area contributed by atoms with E-state index in [2.05, 4.69) is 10.6 Å². The van der Waals surface area contributed by atoms with Crippen LogP contribution in [-0.4, -0.2) is 30.0 Å². The average Bonchev–Trinajstić information content (AvgIpc) is 3.02. The Morgan fingerprint density at radius 1 is 1.24 bits per heavy atom. The number of carbonyl (C=O) groups excluding carboxylic acids is 2. The number of nitrogens with one attached hydrogen (secondary N) is 2. The van der Waals surface area contributed by atoms with Crippen molar-refractivity contribution in [1.82, 2.24) is 5.32 Å². The van der Waals surface area contributed by atoms with Gasteiger partial charge in [-0.2, -0.15) is 0 Å². The van der Waals surface area contributed by atoms with Gasteiger partial charge in [0.15, 0.2) is 0 Å². The van der Waals surface area contributed by atoms with Gasteiger partial charge in [0.2, 0.25) is 0 Å². The summed E-state index contributed by atoms with van der Waals surface area (Å²) in [4.78, 5) is 36.0. The van der Waals surface area contributed by atoms with E-state index in [0.29, 0.717) is 30.0 Å². The molecule has 0 atom stereocenters. The van der Waals surface area contributed by atoms with Crippen LogP contribution in [0.4, 0.5) is 21.9 Å². The lowest BCUT2D eigenvalue weighted by Crippen LogP contribution is -2.27. The smallest absolute Gasteiger partial charge is 0.321 e. The summed E-state index contributed by atoms with van der Waals surface area (Å²) in [5.74, 6) is -0.374. The maximum atomic E-state index is 12.4. The Morgan fingerprint density at radius 2 is 1.96 bits per heavy atom. The molecular weight excluding hydrogens is 324 g/mol. The van der Waals surface area contributed by atoms with Crippen molar-refractivity contribution in [2.75, 3.05) is 23.3 Å². The molecule has 1 aliphatic rings. The molecule has 1 saturated heterocycles. The first-order valence-corrected chi connectivity index (χ1v) is 7.67. The molecule has 1 aliphatic heterocycles. The maximum absolute atomic E-state index is 12.4. The quantitative estimate of drug-likeness (QED) is 0.659. The van der Waals surface area contributed by atoms with Gasteiger partial charge in [0.05, 0.1) is 10.6 Å². The summed E-state index contributed by atoms with van der Waals surface area (Å²) in [6.07, 6.45) is 0. The van der Waals surface area contributed by atoms with Gasteiger partial charge in [-0.3, -0.25) is 19.8 Å². The predicted molar refractivity (Wildman–Crippen MR) is 93.0 cm³/mol. The highest BCUT2D eigenvalue weighted by atomic mass is 16.6. The number of hydrogen-bond acceptors (Lipinski definition) is 4. The average molecular weight is 340 g/mol. The van der Waals surface area contributed by atoms with Crippen LogP contribution >= 0.6 is 0 Å². The summed E-state index contributed by atoms with van der Waals surface area (Å²) >= 11 is 0. The van der Waals surface area contributed by atoms with E-state index in [-0.39, 0.29) is 17.6 Å². The van der Waals surface area contributed by atoms with E-state index in [1.165, 1.54) is 12.1 Å². The lowest BCUT2D eigenvalue weighted by molar-refractivity contribution is -0.384. The monoisotopic (exact) mass is 340 g/mol. The second-order valence-corrected chi connectivity index (χ2v) is 5.64. The van der Waals surface area contributed by atoms with E-state index in [4.69, 9.17) is 0 Å². The molecule has 0 aromatic heterocycles. The third-order valence-electron chi connectivity index (χ3n) is 3.98. The molecule has 2 N–H and O–H groups in total. The van der Waals surface area contributed by atoms with Crippen molar-refractivity contribution >= 4 is 29.0 Å². The van der Waals surface area contributed by atoms with Crippen molar-refractivity contribution in [3.63, 3.8) is 0 Å². The highest BCUT2D eigenvalue weighted by Crippen LogP contribution is 2.23. The molecule has 1 heterocycles. The van der Waals surface area contributed by atoms with Crippen LogP contribution in [0.3, 0.4) is 0 Å². The number of non-ortho nitro benzene ring substituents is 1. The highest BCUT2D eigenvalue weighted by molar-refractivity contribution is 6.05. The van der Waals surface area contributed by atoms with E-state index < -0.39 is 4.92 Å². The predicted octanol–water partition coefficient (Wildman–Crippen LogP) is 2.69. The van der Waals surface area contributed by atoms with Crippen molar-refractivity contribution in [2.24, 2.45) is 0 Å². The van der Waals surface area contributed by atoms with E-state index in [1.807, 2.05) is 0 Å². The summed E-state index contributed by atoms with van der Waals surface area (Å²) < 4.78 is 0. The largest absolute Gasteiger partial charge is 0.336 e. The van der Waals surface area contributed by atoms with E-state index in [0.717, 1.165) is 5.56 Å². The van der Waals surface area contributed by atoms with Crippen molar-refractivity contribution in [1.29, 1.82) is 0 Å². The van der Waals surface area contributed by atoms with Crippen LogP contribution in [0.25, 0.3) is 0 Å². The Kier molecular flexibility index (Phi) is 4.34. The molecule has 3 rings (SSSR count). The van der Waals surface area contributed by atoms with Crippen LogP contribution < -0.4 is 15.5 Å². The second kappa shape index (κ2) is 6.60. The van der Waals surface area contributed by atoms with Crippen LogP contribution in [0.2, 0.25) is 0 Å². The molecule has 3 amide bonds. The van der Waals surface area contributed by atoms with Crippen molar-refractivity contribution in [3.8, 4) is 0 Å². The van der Waals surface area contributed by atoms with Crippen molar-refractivity contribution in [3.05, 3.63) is 63.7 Å². The molecule has 0 saturated carbocycles. The molecule has 0 radical (unpaired) electrons. The fourth-order valence-electron chi connectivity index (χ4n) is 2.56. The summed E-state index contributed by atoms with van der Waals surface area (Å²) in [6.45, 7) is 2.93. The van der Waals surface area contributed by atoms with E-state index in [1.54, 1.807) is 42.2 Å². The van der Waals surface area contributed by atoms with E-state index in [9.17, 15) is 19.7 Å². The van der Waals surface area contributed by atoms with Gasteiger partial charge in [-0.15, -0.1) is 0 Å². The van der Waals surface area contributed by atoms with Gasteiger partial charge < -0.3 is 10.6 Å². The van der Waals surface area contributed by atoms with Gasteiger partial charge in [0.1, 0.15) is 0 Å². The highest BCUT2D eigenvalue weighted by Gasteiger charge is 2.21. The summed E-state index contributed by atoms with van der Waals surface area (Å²) in [5.41, 5.74) is 2.13. The standard InChI is InChI=1S/C17H16N4O4/c1-11-2-5-14(21(24)25)10-15(11)19-16(22)12-3-6-13(7-4-12)20-9-8-18-17(20)23/h2-7,10H,8-9H2,1H3,(H,18,23)(H,19,22). The Hall–Kier alpha value is -3.42. The number of aryl methyl sites for hydroxylation is 1. The number of nitro benzene ring substituents is 1. The zero-order chi connectivity index (χ0) is 18.0. The SMILES string of the molecule is Cc1ccc([N+](=O)[O-])cc1NC(=O)c1ccc(N2CCNC2=O)cc1. The van der Waals surface area contributed by atoms with E-state index >= 15 is 0 Å². The number of urea groups is 1. The first kappa shape index (κ1) is 16.4. The summed E-state index contributed by atoms with van der Waals surface area (Å²) in [7, 11) is 0. The fourth-order valence-corrected chi connectivity index (χ4v) is 2.56.